The van der Waals surface area contributed by atoms with Crippen LogP contribution in [0, 0.1) is 0 Å². The van der Waals surface area contributed by atoms with Crippen molar-refractivity contribution in [2.45, 2.75) is 19.6 Å². The predicted molar refractivity (Wildman–Crippen MR) is 62.2 cm³/mol. The van der Waals surface area contributed by atoms with Gasteiger partial charge in [-0.1, -0.05) is 17.7 Å². The summed E-state index contributed by atoms with van der Waals surface area (Å²) in [6.45, 7) is 1.55. The normalized spacial score (nSPS) is 18.1. The summed E-state index contributed by atoms with van der Waals surface area (Å²) >= 11 is 5.80. The van der Waals surface area contributed by atoms with Gasteiger partial charge in [0.05, 0.1) is 18.8 Å². The van der Waals surface area contributed by atoms with Crippen LogP contribution in [0.1, 0.15) is 24.3 Å². The molecule has 7 heteroatoms. The van der Waals surface area contributed by atoms with Crippen LogP contribution in [0.15, 0.2) is 12.1 Å². The molecule has 0 saturated carbocycles. The SMILES string of the molecule is CC(=O)OC1CN(C(=O)O)Cc2ccc(Cl)nc21. The van der Waals surface area contributed by atoms with Crippen LogP contribution in [0.3, 0.4) is 0 Å². The fraction of sp³-hybridized carbons (Fsp3) is 0.364. The monoisotopic (exact) mass is 270 g/mol. The number of rotatable bonds is 1. The minimum absolute atomic E-state index is 0.0647. The fourth-order valence-corrected chi connectivity index (χ4v) is 2.04. The number of amides is 1. The Morgan fingerprint density at radius 3 is 2.89 bits per heavy atom. The predicted octanol–water partition coefficient (Wildman–Crippen LogP) is 1.83. The van der Waals surface area contributed by atoms with Gasteiger partial charge in [-0.25, -0.2) is 9.78 Å². The zero-order valence-corrected chi connectivity index (χ0v) is 10.3. The number of ether oxygens (including phenoxy) is 1. The lowest BCUT2D eigenvalue weighted by Crippen LogP contribution is -2.39. The molecule has 1 aromatic rings. The van der Waals surface area contributed by atoms with Gasteiger partial charge < -0.3 is 9.84 Å². The zero-order valence-electron chi connectivity index (χ0n) is 9.59. The molecule has 96 valence electrons. The fourth-order valence-electron chi connectivity index (χ4n) is 1.89. The molecule has 2 rings (SSSR count). The van der Waals surface area contributed by atoms with Crippen LogP contribution in [-0.4, -0.2) is 33.6 Å². The molecular formula is C11H11ClN2O4. The molecule has 2 heterocycles. The molecule has 0 fully saturated rings. The summed E-state index contributed by atoms with van der Waals surface area (Å²) in [5.74, 6) is -0.486. The van der Waals surface area contributed by atoms with Gasteiger partial charge in [-0.2, -0.15) is 0 Å². The Bertz CT molecular complexity index is 506. The number of halogens is 1. The van der Waals surface area contributed by atoms with E-state index in [1.807, 2.05) is 0 Å². The van der Waals surface area contributed by atoms with Gasteiger partial charge in [0.15, 0.2) is 6.10 Å². The topological polar surface area (TPSA) is 79.7 Å². The van der Waals surface area contributed by atoms with Crippen molar-refractivity contribution < 1.29 is 19.4 Å². The van der Waals surface area contributed by atoms with Crippen LogP contribution in [0.2, 0.25) is 5.15 Å². The van der Waals surface area contributed by atoms with Crippen molar-refractivity contribution in [3.63, 3.8) is 0 Å². The Kier molecular flexibility index (Phi) is 3.38. The van der Waals surface area contributed by atoms with E-state index < -0.39 is 18.2 Å². The van der Waals surface area contributed by atoms with Gasteiger partial charge in [-0.05, 0) is 11.6 Å². The highest BCUT2D eigenvalue weighted by molar-refractivity contribution is 6.29. The summed E-state index contributed by atoms with van der Waals surface area (Å²) in [7, 11) is 0. The van der Waals surface area contributed by atoms with E-state index >= 15 is 0 Å². The minimum atomic E-state index is -1.06. The van der Waals surface area contributed by atoms with Gasteiger partial charge in [0.25, 0.3) is 0 Å². The molecule has 0 radical (unpaired) electrons. The second kappa shape index (κ2) is 4.81. The Hall–Kier alpha value is -1.82. The zero-order chi connectivity index (χ0) is 13.3. The van der Waals surface area contributed by atoms with Gasteiger partial charge in [0, 0.05) is 6.92 Å². The van der Waals surface area contributed by atoms with Crippen molar-refractivity contribution in [3.05, 3.63) is 28.5 Å². The number of aromatic nitrogens is 1. The molecule has 1 aliphatic rings. The van der Waals surface area contributed by atoms with Gasteiger partial charge >= 0.3 is 12.1 Å². The van der Waals surface area contributed by atoms with Crippen molar-refractivity contribution in [2.24, 2.45) is 0 Å². The first-order valence-corrected chi connectivity index (χ1v) is 5.65. The van der Waals surface area contributed by atoms with Crippen molar-refractivity contribution in [3.8, 4) is 0 Å². The average molecular weight is 271 g/mol. The van der Waals surface area contributed by atoms with Gasteiger partial charge in [-0.3, -0.25) is 9.69 Å². The molecular weight excluding hydrogens is 260 g/mol. The van der Waals surface area contributed by atoms with Crippen molar-refractivity contribution in [2.75, 3.05) is 6.54 Å². The number of carboxylic acid groups (broad SMARTS) is 1. The molecule has 1 aromatic heterocycles. The minimum Gasteiger partial charge on any atom is -0.465 e. The third-order valence-electron chi connectivity index (χ3n) is 2.61. The first kappa shape index (κ1) is 12.6. The number of fused-ring (bicyclic) bond motifs is 1. The number of carbonyl (C=O) groups excluding carboxylic acids is 1. The summed E-state index contributed by atoms with van der Waals surface area (Å²) in [6, 6.07) is 3.27. The molecule has 1 atom stereocenters. The molecule has 0 aromatic carbocycles. The van der Waals surface area contributed by atoms with Crippen LogP contribution in [-0.2, 0) is 16.1 Å². The Balaban J connectivity index is 2.37. The van der Waals surface area contributed by atoms with Crippen LogP contribution in [0.25, 0.3) is 0 Å². The Morgan fingerprint density at radius 1 is 1.56 bits per heavy atom. The summed E-state index contributed by atoms with van der Waals surface area (Å²) in [6.07, 6.45) is -1.77. The number of nitrogens with zero attached hydrogens (tertiary/aromatic N) is 2. The van der Waals surface area contributed by atoms with Gasteiger partial charge in [-0.15, -0.1) is 0 Å². The third-order valence-corrected chi connectivity index (χ3v) is 2.82. The maximum absolute atomic E-state index is 11.0. The smallest absolute Gasteiger partial charge is 0.407 e. The largest absolute Gasteiger partial charge is 0.465 e. The molecule has 0 aliphatic carbocycles. The summed E-state index contributed by atoms with van der Waals surface area (Å²) in [4.78, 5) is 27.3. The standard InChI is InChI=1S/C11H11ClN2O4/c1-6(15)18-8-5-14(11(16)17)4-7-2-3-9(12)13-10(7)8/h2-3,8H,4-5H2,1H3,(H,16,17). The molecule has 1 unspecified atom stereocenters. The molecule has 1 aliphatic heterocycles. The number of hydrogen-bond donors (Lipinski definition) is 1. The van der Waals surface area contributed by atoms with E-state index in [9.17, 15) is 9.59 Å². The molecule has 18 heavy (non-hydrogen) atoms. The average Bonchev–Trinajstić information content (AvgIpc) is 2.28. The highest BCUT2D eigenvalue weighted by atomic mass is 35.5. The van der Waals surface area contributed by atoms with E-state index in [2.05, 4.69) is 4.98 Å². The van der Waals surface area contributed by atoms with Crippen molar-refractivity contribution in [1.82, 2.24) is 9.88 Å². The number of hydrogen-bond acceptors (Lipinski definition) is 4. The number of esters is 1. The van der Waals surface area contributed by atoms with Crippen LogP contribution in [0.4, 0.5) is 4.79 Å². The van der Waals surface area contributed by atoms with Crippen LogP contribution >= 0.6 is 11.6 Å². The molecule has 0 spiro atoms. The van der Waals surface area contributed by atoms with E-state index in [1.165, 1.54) is 11.8 Å². The Labute approximate surface area is 108 Å². The first-order valence-electron chi connectivity index (χ1n) is 5.28. The molecule has 1 amide bonds. The third kappa shape index (κ3) is 2.53. The lowest BCUT2D eigenvalue weighted by molar-refractivity contribution is -0.148. The van der Waals surface area contributed by atoms with Crippen LogP contribution in [0.5, 0.6) is 0 Å². The summed E-state index contributed by atoms with van der Waals surface area (Å²) < 4.78 is 5.09. The van der Waals surface area contributed by atoms with Gasteiger partial charge in [0.1, 0.15) is 5.15 Å². The second-order valence-electron chi connectivity index (χ2n) is 3.94. The van der Waals surface area contributed by atoms with E-state index in [-0.39, 0.29) is 18.2 Å². The van der Waals surface area contributed by atoms with Crippen molar-refractivity contribution >= 4 is 23.7 Å². The first-order chi connectivity index (χ1) is 8.47. The number of carbonyl (C=O) groups is 2. The molecule has 1 N–H and O–H groups in total. The van der Waals surface area contributed by atoms with E-state index in [0.29, 0.717) is 11.3 Å². The van der Waals surface area contributed by atoms with E-state index in [0.717, 1.165) is 0 Å². The lowest BCUT2D eigenvalue weighted by atomic mass is 10.0. The second-order valence-corrected chi connectivity index (χ2v) is 4.33. The van der Waals surface area contributed by atoms with E-state index in [4.69, 9.17) is 21.4 Å². The quantitative estimate of drug-likeness (QED) is 0.622. The maximum atomic E-state index is 11.0. The lowest BCUT2D eigenvalue weighted by Gasteiger charge is -2.31. The number of pyridine rings is 1. The van der Waals surface area contributed by atoms with Gasteiger partial charge in [0.2, 0.25) is 0 Å². The van der Waals surface area contributed by atoms with Crippen molar-refractivity contribution in [1.29, 1.82) is 0 Å². The molecule has 0 bridgehead atoms. The highest BCUT2D eigenvalue weighted by Crippen LogP contribution is 2.29. The maximum Gasteiger partial charge on any atom is 0.407 e. The molecule has 6 nitrogen and oxygen atoms in total. The molecule has 0 saturated heterocycles. The van der Waals surface area contributed by atoms with Crippen LogP contribution < -0.4 is 0 Å². The highest BCUT2D eigenvalue weighted by Gasteiger charge is 2.31. The summed E-state index contributed by atoms with van der Waals surface area (Å²) in [5, 5.41) is 9.30. The van der Waals surface area contributed by atoms with E-state index in [1.54, 1.807) is 12.1 Å². The Morgan fingerprint density at radius 2 is 2.28 bits per heavy atom. The summed E-state index contributed by atoms with van der Waals surface area (Å²) in [5.41, 5.74) is 1.22.